The van der Waals surface area contributed by atoms with Crippen LogP contribution in [0.25, 0.3) is 0 Å². The van der Waals surface area contributed by atoms with E-state index in [1.165, 1.54) is 0 Å². The van der Waals surface area contributed by atoms with Crippen molar-refractivity contribution in [2.75, 3.05) is 0 Å². The molecule has 78 valence electrons. The molecule has 0 atom stereocenters. The third-order valence-electron chi connectivity index (χ3n) is 0.594. The molecule has 0 aromatic heterocycles. The van der Waals surface area contributed by atoms with Crippen molar-refractivity contribution >= 4 is 20.0 Å². The number of hydrogen-bond donors (Lipinski definition) is 0. The molecule has 0 aliphatic carbocycles. The Morgan fingerprint density at radius 3 is 1.85 bits per heavy atom. The highest BCUT2D eigenvalue weighted by molar-refractivity contribution is 8.10. The maximum absolute atomic E-state index is 11.9. The summed E-state index contributed by atoms with van der Waals surface area (Å²) in [7, 11) is -0.865. The van der Waals surface area contributed by atoms with Gasteiger partial charge in [0, 0.05) is 0 Å². The Labute approximate surface area is 73.4 Å². The number of halogens is 6. The Balaban J connectivity index is 4.86. The summed E-state index contributed by atoms with van der Waals surface area (Å²) >= 11 is 0. The van der Waals surface area contributed by atoms with E-state index >= 15 is 0 Å². The second kappa shape index (κ2) is 3.66. The predicted molar refractivity (Wildman–Crippen MR) is 31.2 cm³/mol. The van der Waals surface area contributed by atoms with Crippen LogP contribution in [0.4, 0.5) is 22.0 Å². The van der Waals surface area contributed by atoms with Crippen LogP contribution < -0.4 is 0 Å². The van der Waals surface area contributed by atoms with E-state index < -0.39 is 27.3 Å². The zero-order valence-electron chi connectivity index (χ0n) is 5.40. The molecule has 13 heavy (non-hydrogen) atoms. The Hall–Kier alpha value is -0.570. The van der Waals surface area contributed by atoms with Gasteiger partial charge in [-0.3, -0.25) is 0 Å². The summed E-state index contributed by atoms with van der Waals surface area (Å²) in [5.74, 6) is -3.31. The first-order chi connectivity index (χ1) is 5.54. The lowest BCUT2D eigenvalue weighted by Gasteiger charge is -2.03. The fraction of sp³-hybridized carbons (Fsp3) is 0.333. The van der Waals surface area contributed by atoms with Crippen molar-refractivity contribution in [1.29, 1.82) is 0 Å². The van der Waals surface area contributed by atoms with Crippen LogP contribution in [-0.4, -0.2) is 14.6 Å². The SMILES string of the molecule is O=S(=O)(Cl)O/C(F)=C(\F)C(F)(F)F. The van der Waals surface area contributed by atoms with E-state index in [0.717, 1.165) is 0 Å². The summed E-state index contributed by atoms with van der Waals surface area (Å²) in [5, 5.41) is 0. The van der Waals surface area contributed by atoms with E-state index in [-0.39, 0.29) is 0 Å². The van der Waals surface area contributed by atoms with Crippen LogP contribution in [0.1, 0.15) is 0 Å². The van der Waals surface area contributed by atoms with Crippen LogP contribution >= 0.6 is 10.7 Å². The van der Waals surface area contributed by atoms with Gasteiger partial charge in [0.1, 0.15) is 0 Å². The summed E-state index contributed by atoms with van der Waals surface area (Å²) in [6, 6.07) is -2.96. The van der Waals surface area contributed by atoms with Gasteiger partial charge in [-0.1, -0.05) is 0 Å². The van der Waals surface area contributed by atoms with Crippen molar-refractivity contribution < 1.29 is 34.6 Å². The van der Waals surface area contributed by atoms with Crippen LogP contribution in [0.3, 0.4) is 0 Å². The summed E-state index contributed by atoms with van der Waals surface area (Å²) < 4.78 is 79.9. The van der Waals surface area contributed by atoms with E-state index in [9.17, 15) is 30.4 Å². The minimum absolute atomic E-state index is 2.78. The van der Waals surface area contributed by atoms with Gasteiger partial charge in [0.2, 0.25) is 0 Å². The van der Waals surface area contributed by atoms with E-state index in [1.807, 2.05) is 0 Å². The smallest absolute Gasteiger partial charge is 0.338 e. The Bertz CT molecular complexity index is 316. The quantitative estimate of drug-likeness (QED) is 0.426. The number of rotatable bonds is 2. The molecule has 0 heterocycles. The van der Waals surface area contributed by atoms with Gasteiger partial charge in [-0.2, -0.15) is 30.4 Å². The predicted octanol–water partition coefficient (Wildman–Crippen LogP) is 2.16. The first-order valence-corrected chi connectivity index (χ1v) is 4.54. The van der Waals surface area contributed by atoms with Crippen LogP contribution in [0.15, 0.2) is 11.8 Å². The van der Waals surface area contributed by atoms with Crippen molar-refractivity contribution in [2.45, 2.75) is 6.18 Å². The van der Waals surface area contributed by atoms with Crippen molar-refractivity contribution in [3.8, 4) is 0 Å². The molecule has 0 spiro atoms. The zero-order valence-corrected chi connectivity index (χ0v) is 6.97. The molecule has 0 rings (SSSR count). The number of hydrogen-bond acceptors (Lipinski definition) is 3. The molecule has 3 nitrogen and oxygen atoms in total. The largest absolute Gasteiger partial charge is 0.449 e. The topological polar surface area (TPSA) is 43.4 Å². The standard InChI is InChI=1S/C3ClF5O3S/c4-13(10,11)12-2(6)1(5)3(7,8)9/b2-1-. The monoisotopic (exact) mass is 246 g/mol. The molecule has 0 aliphatic rings. The number of allylic oxidation sites excluding steroid dienone is 1. The number of alkyl halides is 3. The average Bonchev–Trinajstić information content (AvgIpc) is 1.79. The molecule has 0 saturated heterocycles. The Kier molecular flexibility index (Phi) is 3.50. The highest BCUT2D eigenvalue weighted by Gasteiger charge is 2.40. The van der Waals surface area contributed by atoms with Gasteiger partial charge in [-0.15, -0.1) is 0 Å². The zero-order chi connectivity index (χ0) is 10.9. The van der Waals surface area contributed by atoms with Crippen molar-refractivity contribution in [1.82, 2.24) is 0 Å². The first kappa shape index (κ1) is 12.4. The summed E-state index contributed by atoms with van der Waals surface area (Å²) in [5.41, 5.74) is 0. The first-order valence-electron chi connectivity index (χ1n) is 2.30. The van der Waals surface area contributed by atoms with Crippen molar-refractivity contribution in [2.24, 2.45) is 0 Å². The van der Waals surface area contributed by atoms with Crippen LogP contribution in [0.2, 0.25) is 0 Å². The highest BCUT2D eigenvalue weighted by Crippen LogP contribution is 2.31. The third-order valence-corrected chi connectivity index (χ3v) is 1.13. The van der Waals surface area contributed by atoms with E-state index in [4.69, 9.17) is 0 Å². The van der Waals surface area contributed by atoms with Crippen LogP contribution in [-0.2, 0) is 13.5 Å². The minimum atomic E-state index is -5.66. The molecule has 0 saturated carbocycles. The van der Waals surface area contributed by atoms with Crippen LogP contribution in [0.5, 0.6) is 0 Å². The maximum Gasteiger partial charge on any atom is 0.449 e. The van der Waals surface area contributed by atoms with Gasteiger partial charge in [-0.25, -0.2) is 0 Å². The van der Waals surface area contributed by atoms with Gasteiger partial charge in [0.05, 0.1) is 10.7 Å². The molecule has 0 aromatic carbocycles. The molecule has 0 bridgehead atoms. The van der Waals surface area contributed by atoms with Gasteiger partial charge in [0.15, 0.2) is 0 Å². The third kappa shape index (κ3) is 4.88. The Morgan fingerprint density at radius 1 is 1.23 bits per heavy atom. The second-order valence-corrected chi connectivity index (χ2v) is 3.65. The summed E-state index contributed by atoms with van der Waals surface area (Å²) in [6.07, 6.45) is -5.66. The molecule has 10 heteroatoms. The van der Waals surface area contributed by atoms with Gasteiger partial charge in [0.25, 0.3) is 5.83 Å². The molecule has 0 N–H and O–H groups in total. The van der Waals surface area contributed by atoms with Gasteiger partial charge >= 0.3 is 21.5 Å². The van der Waals surface area contributed by atoms with Gasteiger partial charge < -0.3 is 4.18 Å². The van der Waals surface area contributed by atoms with E-state index in [2.05, 4.69) is 14.9 Å². The Morgan fingerprint density at radius 2 is 1.62 bits per heavy atom. The fourth-order valence-corrected chi connectivity index (χ4v) is 0.649. The lowest BCUT2D eigenvalue weighted by Crippen LogP contribution is -2.11. The lowest BCUT2D eigenvalue weighted by molar-refractivity contribution is -0.114. The van der Waals surface area contributed by atoms with Crippen LogP contribution in [0, 0.1) is 0 Å². The molecular weight excluding hydrogens is 247 g/mol. The normalized spacial score (nSPS) is 15.2. The molecule has 0 fully saturated rings. The lowest BCUT2D eigenvalue weighted by atomic mass is 10.6. The summed E-state index contributed by atoms with van der Waals surface area (Å²) in [6.45, 7) is 0. The minimum Gasteiger partial charge on any atom is -0.338 e. The molecule has 0 unspecified atom stereocenters. The maximum atomic E-state index is 11.9. The molecule has 0 amide bonds. The van der Waals surface area contributed by atoms with E-state index in [1.54, 1.807) is 0 Å². The van der Waals surface area contributed by atoms with Gasteiger partial charge in [-0.05, 0) is 0 Å². The average molecular weight is 247 g/mol. The van der Waals surface area contributed by atoms with Crippen molar-refractivity contribution in [3.63, 3.8) is 0 Å². The molecule has 0 aromatic rings. The molecular formula is C3ClF5O3S. The van der Waals surface area contributed by atoms with E-state index in [0.29, 0.717) is 0 Å². The van der Waals surface area contributed by atoms with Crippen molar-refractivity contribution in [3.05, 3.63) is 11.8 Å². The molecule has 0 radical (unpaired) electrons. The highest BCUT2D eigenvalue weighted by atomic mass is 35.7. The second-order valence-electron chi connectivity index (χ2n) is 1.56. The summed E-state index contributed by atoms with van der Waals surface area (Å²) in [4.78, 5) is 0. The fourth-order valence-electron chi connectivity index (χ4n) is 0.235. The molecule has 0 aliphatic heterocycles.